The van der Waals surface area contributed by atoms with E-state index < -0.39 is 5.60 Å². The van der Waals surface area contributed by atoms with Gasteiger partial charge in [0.2, 0.25) is 0 Å². The highest BCUT2D eigenvalue weighted by molar-refractivity contribution is 5.37. The lowest BCUT2D eigenvalue weighted by atomic mass is 10.1. The summed E-state index contributed by atoms with van der Waals surface area (Å²) in [5.74, 6) is 0.361. The molecule has 3 N–H and O–H groups in total. The average molecular weight is 246 g/mol. The summed E-state index contributed by atoms with van der Waals surface area (Å²) in [6.07, 6.45) is 4.42. The van der Waals surface area contributed by atoms with Crippen LogP contribution in [0.1, 0.15) is 19.5 Å². The molecule has 0 unspecified atom stereocenters. The molecule has 0 aromatic carbocycles. The predicted molar refractivity (Wildman–Crippen MR) is 67.3 cm³/mol. The highest BCUT2D eigenvalue weighted by Crippen LogP contribution is 2.16. The molecule has 2 rings (SSSR count). The second-order valence-corrected chi connectivity index (χ2v) is 4.46. The Labute approximate surface area is 104 Å². The second kappa shape index (κ2) is 4.23. The van der Waals surface area contributed by atoms with Crippen molar-refractivity contribution in [2.24, 2.45) is 0 Å². The van der Waals surface area contributed by atoms with Crippen molar-refractivity contribution in [1.29, 1.82) is 0 Å². The van der Waals surface area contributed by atoms with E-state index in [1.807, 2.05) is 0 Å². The van der Waals surface area contributed by atoms with E-state index in [4.69, 9.17) is 5.73 Å². The Hall–Kier alpha value is -2.21. The molecule has 2 heterocycles. The molecule has 2 aromatic heterocycles. The lowest BCUT2D eigenvalue weighted by Crippen LogP contribution is -2.23. The zero-order chi connectivity index (χ0) is 13.3. The first-order valence-corrected chi connectivity index (χ1v) is 5.42. The van der Waals surface area contributed by atoms with E-state index in [0.29, 0.717) is 11.5 Å². The summed E-state index contributed by atoms with van der Waals surface area (Å²) in [6.45, 7) is 3.23. The third-order valence-corrected chi connectivity index (χ3v) is 2.49. The molecule has 0 aliphatic carbocycles. The number of nitrogen functional groups attached to an aromatic ring is 1. The van der Waals surface area contributed by atoms with Gasteiger partial charge in [0, 0.05) is 6.20 Å². The Balaban J connectivity index is 2.47. The van der Waals surface area contributed by atoms with Gasteiger partial charge in [-0.25, -0.2) is 4.98 Å². The molecule has 0 spiro atoms. The van der Waals surface area contributed by atoms with Gasteiger partial charge in [-0.2, -0.15) is 0 Å². The van der Waals surface area contributed by atoms with Gasteiger partial charge >= 0.3 is 0 Å². The first-order valence-electron chi connectivity index (χ1n) is 5.42. The second-order valence-electron chi connectivity index (χ2n) is 4.46. The van der Waals surface area contributed by atoms with Crippen molar-refractivity contribution in [2.45, 2.75) is 19.4 Å². The molecular formula is C12H14N4O2. The quantitative estimate of drug-likeness (QED) is 0.801. The standard InChI is InChI=1S/C12H14N4O2/c1-12(2,18)9-6-15-10(7-14-9)16-5-3-4-8(13)11(16)17/h3-7,18H,13H2,1-2H3. The minimum atomic E-state index is -1.06. The molecule has 0 saturated heterocycles. The van der Waals surface area contributed by atoms with Crippen LogP contribution in [0.4, 0.5) is 5.69 Å². The summed E-state index contributed by atoms with van der Waals surface area (Å²) in [7, 11) is 0. The van der Waals surface area contributed by atoms with Gasteiger partial charge in [-0.1, -0.05) is 0 Å². The number of nitrogens with zero attached hydrogens (tertiary/aromatic N) is 3. The molecule has 0 amide bonds. The highest BCUT2D eigenvalue weighted by Gasteiger charge is 2.18. The van der Waals surface area contributed by atoms with Crippen LogP contribution in [-0.4, -0.2) is 19.6 Å². The fourth-order valence-corrected chi connectivity index (χ4v) is 1.45. The third-order valence-electron chi connectivity index (χ3n) is 2.49. The summed E-state index contributed by atoms with van der Waals surface area (Å²) in [5, 5.41) is 9.76. The monoisotopic (exact) mass is 246 g/mol. The van der Waals surface area contributed by atoms with Crippen molar-refractivity contribution in [3.63, 3.8) is 0 Å². The van der Waals surface area contributed by atoms with Crippen LogP contribution >= 0.6 is 0 Å². The van der Waals surface area contributed by atoms with E-state index >= 15 is 0 Å². The lowest BCUT2D eigenvalue weighted by molar-refractivity contribution is 0.0734. The largest absolute Gasteiger partial charge is 0.394 e. The topological polar surface area (TPSA) is 94.0 Å². The number of aromatic nitrogens is 3. The number of pyridine rings is 1. The molecule has 0 atom stereocenters. The van der Waals surface area contributed by atoms with E-state index in [1.54, 1.807) is 26.1 Å². The minimum absolute atomic E-state index is 0.144. The molecule has 2 aromatic rings. The van der Waals surface area contributed by atoms with Gasteiger partial charge in [-0.05, 0) is 26.0 Å². The molecule has 0 radical (unpaired) electrons. The van der Waals surface area contributed by atoms with Gasteiger partial charge in [0.05, 0.1) is 23.8 Å². The molecule has 0 saturated carbocycles. The van der Waals surface area contributed by atoms with Gasteiger partial charge < -0.3 is 10.8 Å². The first kappa shape index (κ1) is 12.3. The van der Waals surface area contributed by atoms with Gasteiger partial charge in [-0.3, -0.25) is 14.3 Å². The van der Waals surface area contributed by atoms with E-state index in [-0.39, 0.29) is 11.2 Å². The van der Waals surface area contributed by atoms with Crippen molar-refractivity contribution < 1.29 is 5.11 Å². The predicted octanol–water partition coefficient (Wildman–Crippen LogP) is 0.437. The Bertz CT molecular complexity index is 611. The van der Waals surface area contributed by atoms with Crippen molar-refractivity contribution in [3.05, 3.63) is 46.8 Å². The summed E-state index contributed by atoms with van der Waals surface area (Å²) < 4.78 is 1.30. The summed E-state index contributed by atoms with van der Waals surface area (Å²) >= 11 is 0. The number of aliphatic hydroxyl groups is 1. The number of hydrogen-bond acceptors (Lipinski definition) is 5. The number of anilines is 1. The van der Waals surface area contributed by atoms with Crippen LogP contribution in [0.5, 0.6) is 0 Å². The van der Waals surface area contributed by atoms with Crippen LogP contribution in [0, 0.1) is 0 Å². The van der Waals surface area contributed by atoms with Crippen LogP contribution in [0.25, 0.3) is 5.82 Å². The van der Waals surface area contributed by atoms with Crippen molar-refractivity contribution in [3.8, 4) is 5.82 Å². The maximum atomic E-state index is 11.8. The van der Waals surface area contributed by atoms with Gasteiger partial charge in [0.15, 0.2) is 5.82 Å². The molecule has 0 aliphatic rings. The van der Waals surface area contributed by atoms with Gasteiger partial charge in [0.25, 0.3) is 5.56 Å². The molecule has 6 heteroatoms. The van der Waals surface area contributed by atoms with Crippen LogP contribution in [0.2, 0.25) is 0 Å². The Morgan fingerprint density at radius 3 is 2.61 bits per heavy atom. The number of rotatable bonds is 2. The average Bonchev–Trinajstić information content (AvgIpc) is 2.32. The van der Waals surface area contributed by atoms with E-state index in [0.717, 1.165) is 0 Å². The smallest absolute Gasteiger partial charge is 0.279 e. The Kier molecular flexibility index (Phi) is 2.88. The van der Waals surface area contributed by atoms with E-state index in [1.165, 1.54) is 23.0 Å². The third kappa shape index (κ3) is 2.23. The zero-order valence-electron chi connectivity index (χ0n) is 10.2. The van der Waals surface area contributed by atoms with Crippen LogP contribution in [0.3, 0.4) is 0 Å². The van der Waals surface area contributed by atoms with Crippen LogP contribution in [0.15, 0.2) is 35.5 Å². The minimum Gasteiger partial charge on any atom is -0.394 e. The maximum absolute atomic E-state index is 11.8. The normalized spacial score (nSPS) is 11.5. The molecule has 0 aliphatic heterocycles. The highest BCUT2D eigenvalue weighted by atomic mass is 16.3. The molecule has 94 valence electrons. The van der Waals surface area contributed by atoms with Crippen molar-refractivity contribution in [2.75, 3.05) is 5.73 Å². The van der Waals surface area contributed by atoms with E-state index in [9.17, 15) is 9.90 Å². The number of hydrogen-bond donors (Lipinski definition) is 2. The van der Waals surface area contributed by atoms with E-state index in [2.05, 4.69) is 9.97 Å². The molecule has 18 heavy (non-hydrogen) atoms. The Morgan fingerprint density at radius 2 is 2.06 bits per heavy atom. The molecular weight excluding hydrogens is 232 g/mol. The zero-order valence-corrected chi connectivity index (χ0v) is 10.2. The van der Waals surface area contributed by atoms with Gasteiger partial charge in [0.1, 0.15) is 5.60 Å². The molecule has 6 nitrogen and oxygen atoms in total. The van der Waals surface area contributed by atoms with Crippen LogP contribution < -0.4 is 11.3 Å². The summed E-state index contributed by atoms with van der Waals surface area (Å²) in [4.78, 5) is 20.0. The fraction of sp³-hybridized carbons (Fsp3) is 0.250. The number of nitrogens with two attached hydrogens (primary N) is 1. The maximum Gasteiger partial charge on any atom is 0.279 e. The van der Waals surface area contributed by atoms with Gasteiger partial charge in [-0.15, -0.1) is 0 Å². The Morgan fingerprint density at radius 1 is 1.33 bits per heavy atom. The van der Waals surface area contributed by atoms with Crippen molar-refractivity contribution >= 4 is 5.69 Å². The SMILES string of the molecule is CC(C)(O)c1cnc(-n2cccc(N)c2=O)cn1. The lowest BCUT2D eigenvalue weighted by Gasteiger charge is -2.16. The summed E-state index contributed by atoms with van der Waals surface area (Å²) in [5.41, 5.74) is 4.71. The molecule has 0 fully saturated rings. The molecule has 0 bridgehead atoms. The van der Waals surface area contributed by atoms with Crippen LogP contribution in [-0.2, 0) is 5.60 Å². The fourth-order valence-electron chi connectivity index (χ4n) is 1.45. The first-order chi connectivity index (χ1) is 8.39. The van der Waals surface area contributed by atoms with Crippen molar-refractivity contribution in [1.82, 2.24) is 14.5 Å². The summed E-state index contributed by atoms with van der Waals surface area (Å²) in [6, 6.07) is 3.18.